The zero-order valence-electron chi connectivity index (χ0n) is 11.7. The first-order valence-corrected chi connectivity index (χ1v) is 6.82. The maximum Gasteiger partial charge on any atom is 0.140 e. The molecule has 2 N–H and O–H groups in total. The molecule has 1 saturated heterocycles. The lowest BCUT2D eigenvalue weighted by atomic mass is 10.0. The van der Waals surface area contributed by atoms with Gasteiger partial charge in [0, 0.05) is 24.3 Å². The van der Waals surface area contributed by atoms with Gasteiger partial charge in [-0.05, 0) is 37.6 Å². The zero-order valence-corrected chi connectivity index (χ0v) is 13.3. The Kier molecular flexibility index (Phi) is 7.18. The van der Waals surface area contributed by atoms with Gasteiger partial charge >= 0.3 is 0 Å². The van der Waals surface area contributed by atoms with Gasteiger partial charge in [-0.3, -0.25) is 0 Å². The highest BCUT2D eigenvalue weighted by atomic mass is 35.5. The van der Waals surface area contributed by atoms with Crippen LogP contribution in [-0.2, 0) is 6.54 Å². The van der Waals surface area contributed by atoms with Crippen molar-refractivity contribution in [2.75, 3.05) is 6.54 Å². The lowest BCUT2D eigenvalue weighted by Crippen LogP contribution is -2.43. The van der Waals surface area contributed by atoms with E-state index in [1.165, 1.54) is 0 Å². The predicted molar refractivity (Wildman–Crippen MR) is 90.4 cm³/mol. The molecule has 0 aliphatic carbocycles. The second kappa shape index (κ2) is 8.39. The zero-order chi connectivity index (χ0) is 13.1. The van der Waals surface area contributed by atoms with E-state index in [1.807, 2.05) is 18.5 Å². The fourth-order valence-corrected chi connectivity index (χ4v) is 2.58. The number of halogens is 2. The Morgan fingerprint density at radius 2 is 2.24 bits per heavy atom. The van der Waals surface area contributed by atoms with E-state index in [9.17, 15) is 5.11 Å². The number of hydrogen-bond donors (Lipinski definition) is 2. The molecule has 21 heavy (non-hydrogen) atoms. The van der Waals surface area contributed by atoms with Gasteiger partial charge in [-0.25, -0.2) is 4.98 Å². The van der Waals surface area contributed by atoms with Crippen LogP contribution < -0.4 is 5.32 Å². The summed E-state index contributed by atoms with van der Waals surface area (Å²) in [5, 5.41) is 14.3. The van der Waals surface area contributed by atoms with Gasteiger partial charge < -0.3 is 15.0 Å². The van der Waals surface area contributed by atoms with Gasteiger partial charge in [-0.1, -0.05) is 12.2 Å². The number of aliphatic hydroxyl groups excluding tert-OH is 1. The van der Waals surface area contributed by atoms with Crippen molar-refractivity contribution in [2.45, 2.75) is 31.5 Å². The molecule has 1 aliphatic heterocycles. The highest BCUT2D eigenvalue weighted by Gasteiger charge is 2.19. The summed E-state index contributed by atoms with van der Waals surface area (Å²) in [5.41, 5.74) is 1.00. The van der Waals surface area contributed by atoms with Crippen molar-refractivity contribution >= 4 is 35.8 Å². The molecular weight excluding hydrogens is 309 g/mol. The van der Waals surface area contributed by atoms with E-state index in [0.29, 0.717) is 0 Å². The van der Waals surface area contributed by atoms with Crippen LogP contribution >= 0.6 is 24.8 Å². The van der Waals surface area contributed by atoms with E-state index in [0.717, 1.165) is 37.0 Å². The van der Waals surface area contributed by atoms with Crippen LogP contribution in [0.3, 0.4) is 0 Å². The fraction of sp³-hybridized carbons (Fsp3) is 0.400. The maximum atomic E-state index is 9.87. The van der Waals surface area contributed by atoms with Gasteiger partial charge in [0.25, 0.3) is 0 Å². The topological polar surface area (TPSA) is 50.1 Å². The number of pyridine rings is 1. The van der Waals surface area contributed by atoms with E-state index < -0.39 is 0 Å². The Hall–Kier alpha value is -1.07. The number of nitrogens with zero attached hydrogens (tertiary/aromatic N) is 2. The lowest BCUT2D eigenvalue weighted by Gasteiger charge is -2.26. The van der Waals surface area contributed by atoms with Crippen molar-refractivity contribution in [3.8, 4) is 0 Å². The first-order valence-electron chi connectivity index (χ1n) is 6.82. The van der Waals surface area contributed by atoms with E-state index in [4.69, 9.17) is 0 Å². The minimum absolute atomic E-state index is 0. The summed E-state index contributed by atoms with van der Waals surface area (Å²) in [5.74, 6) is 0. The predicted octanol–water partition coefficient (Wildman–Crippen LogP) is 2.55. The molecule has 0 amide bonds. The summed E-state index contributed by atoms with van der Waals surface area (Å²) in [6.45, 7) is 1.77. The summed E-state index contributed by atoms with van der Waals surface area (Å²) in [7, 11) is 0. The first-order chi connectivity index (χ1) is 9.34. The maximum absolute atomic E-state index is 9.87. The fourth-order valence-electron chi connectivity index (χ4n) is 2.58. The molecule has 2 aromatic heterocycles. The normalized spacial score (nSPS) is 22.0. The molecule has 0 saturated carbocycles. The third-order valence-corrected chi connectivity index (χ3v) is 3.64. The van der Waals surface area contributed by atoms with Gasteiger partial charge in [0.2, 0.25) is 0 Å². The summed E-state index contributed by atoms with van der Waals surface area (Å²) >= 11 is 0. The Morgan fingerprint density at radius 3 is 3.05 bits per heavy atom. The van der Waals surface area contributed by atoms with Gasteiger partial charge in [0.05, 0.1) is 12.1 Å². The third-order valence-electron chi connectivity index (χ3n) is 3.64. The minimum atomic E-state index is -0.260. The van der Waals surface area contributed by atoms with Gasteiger partial charge in [0.1, 0.15) is 5.65 Å². The van der Waals surface area contributed by atoms with Crippen LogP contribution in [0.4, 0.5) is 0 Å². The Bertz CT molecular complexity index is 585. The van der Waals surface area contributed by atoms with E-state index >= 15 is 0 Å². The number of fused-ring (bicyclic) bond motifs is 1. The summed E-state index contributed by atoms with van der Waals surface area (Å²) < 4.78 is 2.11. The second-order valence-electron chi connectivity index (χ2n) is 5.00. The molecule has 4 nitrogen and oxygen atoms in total. The lowest BCUT2D eigenvalue weighted by molar-refractivity contribution is 0.115. The van der Waals surface area contributed by atoms with Crippen molar-refractivity contribution in [1.29, 1.82) is 0 Å². The van der Waals surface area contributed by atoms with E-state index in [-0.39, 0.29) is 37.0 Å². The van der Waals surface area contributed by atoms with Gasteiger partial charge in [-0.15, -0.1) is 24.8 Å². The molecule has 0 spiro atoms. The van der Waals surface area contributed by atoms with Crippen molar-refractivity contribution in [1.82, 2.24) is 14.9 Å². The van der Waals surface area contributed by atoms with E-state index in [1.54, 1.807) is 0 Å². The minimum Gasteiger partial charge on any atom is -0.391 e. The number of allylic oxidation sites excluding steroid dienone is 1. The molecule has 3 heterocycles. The van der Waals surface area contributed by atoms with Crippen LogP contribution in [-0.4, -0.2) is 33.3 Å². The van der Waals surface area contributed by atoms with Crippen LogP contribution in [0.15, 0.2) is 42.7 Å². The summed E-state index contributed by atoms with van der Waals surface area (Å²) in [6, 6.07) is 6.17. The number of piperidine rings is 1. The number of aromatic nitrogens is 2. The number of rotatable bonds is 3. The Balaban J connectivity index is 0.00000110. The monoisotopic (exact) mass is 329 g/mol. The van der Waals surface area contributed by atoms with Crippen molar-refractivity contribution in [3.05, 3.63) is 42.7 Å². The molecule has 116 valence electrons. The molecular formula is C15H21Cl2N3O. The summed E-state index contributed by atoms with van der Waals surface area (Å²) in [6.07, 6.45) is 9.71. The van der Waals surface area contributed by atoms with Crippen LogP contribution in [0.2, 0.25) is 0 Å². The average molecular weight is 330 g/mol. The Morgan fingerprint density at radius 1 is 1.38 bits per heavy atom. The van der Waals surface area contributed by atoms with Crippen molar-refractivity contribution < 1.29 is 5.11 Å². The van der Waals surface area contributed by atoms with Crippen LogP contribution in [0.1, 0.15) is 12.8 Å². The second-order valence-corrected chi connectivity index (χ2v) is 5.00. The number of hydrogen-bond acceptors (Lipinski definition) is 3. The molecule has 0 unspecified atom stereocenters. The SMILES string of the molecule is Cl.Cl.O[C@H]1CCCN[C@@H]1/C=C/Cn1ccc2cccnc21. The van der Waals surface area contributed by atoms with Crippen molar-refractivity contribution in [3.63, 3.8) is 0 Å². The highest BCUT2D eigenvalue weighted by Crippen LogP contribution is 2.13. The van der Waals surface area contributed by atoms with Crippen LogP contribution in [0.5, 0.6) is 0 Å². The molecule has 6 heteroatoms. The molecule has 0 bridgehead atoms. The Labute approximate surface area is 137 Å². The molecule has 1 fully saturated rings. The molecule has 2 aromatic rings. The molecule has 3 rings (SSSR count). The number of aliphatic hydroxyl groups is 1. The molecule has 1 aliphatic rings. The molecule has 0 aromatic carbocycles. The number of nitrogens with one attached hydrogen (secondary N) is 1. The van der Waals surface area contributed by atoms with Crippen molar-refractivity contribution in [2.24, 2.45) is 0 Å². The first kappa shape index (κ1) is 18.0. The largest absolute Gasteiger partial charge is 0.391 e. The van der Waals surface area contributed by atoms with Gasteiger partial charge in [-0.2, -0.15) is 0 Å². The van der Waals surface area contributed by atoms with Crippen LogP contribution in [0.25, 0.3) is 11.0 Å². The average Bonchev–Trinajstić information content (AvgIpc) is 2.85. The standard InChI is InChI=1S/C15H19N3O.2ClH/c19-14-6-2-8-16-13(14)5-3-10-18-11-7-12-4-1-9-17-15(12)18;;/h1,3-5,7,9,11,13-14,16,19H,2,6,8,10H2;2*1H/b5-3+;;/t13-,14+;;/m1../s1. The highest BCUT2D eigenvalue weighted by molar-refractivity contribution is 5.85. The van der Waals surface area contributed by atoms with E-state index in [2.05, 4.69) is 39.2 Å². The van der Waals surface area contributed by atoms with Gasteiger partial charge in [0.15, 0.2) is 0 Å². The molecule has 2 atom stereocenters. The third kappa shape index (κ3) is 4.20. The quantitative estimate of drug-likeness (QED) is 0.851. The summed E-state index contributed by atoms with van der Waals surface area (Å²) in [4.78, 5) is 4.39. The smallest absolute Gasteiger partial charge is 0.140 e. The molecule has 0 radical (unpaired) electrons. The van der Waals surface area contributed by atoms with Crippen LogP contribution in [0, 0.1) is 0 Å².